The molecule has 0 aliphatic rings. The maximum absolute atomic E-state index is 11.8. The van der Waals surface area contributed by atoms with E-state index < -0.39 is 24.0 Å². The minimum absolute atomic E-state index is 0.313. The van der Waals surface area contributed by atoms with Gasteiger partial charge in [-0.15, -0.1) is 0 Å². The van der Waals surface area contributed by atoms with Crippen LogP contribution in [0.15, 0.2) is 22.7 Å². The normalized spacial score (nSPS) is 12.9. The minimum atomic E-state index is -0.987. The summed E-state index contributed by atoms with van der Waals surface area (Å²) < 4.78 is 0.730. The molecule has 0 heterocycles. The van der Waals surface area contributed by atoms with Crippen molar-refractivity contribution in [2.45, 2.75) is 19.9 Å². The summed E-state index contributed by atoms with van der Waals surface area (Å²) in [6.45, 7) is 3.11. The Morgan fingerprint density at radius 3 is 2.60 bits per heavy atom. The predicted octanol–water partition coefficient (Wildman–Crippen LogP) is 2.55. The van der Waals surface area contributed by atoms with Crippen LogP contribution in [0.3, 0.4) is 0 Å². The number of carboxylic acid groups (broad SMARTS) is 1. The van der Waals surface area contributed by atoms with Crippen molar-refractivity contribution in [2.75, 3.05) is 5.32 Å². The van der Waals surface area contributed by atoms with Gasteiger partial charge in [-0.2, -0.15) is 5.26 Å². The number of carbonyl (C=O) groups excluding carboxylic acids is 1. The summed E-state index contributed by atoms with van der Waals surface area (Å²) in [6, 6.07) is 5.75. The van der Waals surface area contributed by atoms with E-state index in [1.807, 2.05) is 6.07 Å². The summed E-state index contributed by atoms with van der Waals surface area (Å²) in [5, 5.41) is 22.9. The Balaban J connectivity index is 2.73. The van der Waals surface area contributed by atoms with Gasteiger partial charge in [0.25, 0.3) is 0 Å². The van der Waals surface area contributed by atoms with Gasteiger partial charge in [0, 0.05) is 10.5 Å². The maximum atomic E-state index is 11.8. The predicted molar refractivity (Wildman–Crippen MR) is 77.3 cm³/mol. The molecule has 0 aliphatic heterocycles. The van der Waals surface area contributed by atoms with Crippen molar-refractivity contribution in [3.63, 3.8) is 0 Å². The highest BCUT2D eigenvalue weighted by molar-refractivity contribution is 9.10. The van der Waals surface area contributed by atoms with Crippen LogP contribution in [0.2, 0.25) is 0 Å². The monoisotopic (exact) mass is 339 g/mol. The lowest BCUT2D eigenvalue weighted by molar-refractivity contribution is -0.141. The van der Waals surface area contributed by atoms with Crippen LogP contribution in [0.25, 0.3) is 0 Å². The number of rotatable bonds is 4. The van der Waals surface area contributed by atoms with E-state index in [4.69, 9.17) is 10.4 Å². The standard InChI is InChI=1S/C13H14BrN3O3/c1-7(12(18)19)8(2)16-13(20)17-11-4-3-10(14)5-9(11)6-15/h3-5,7-8H,1-2H3,(H,18,19)(H2,16,17,20). The molecule has 1 aromatic carbocycles. The fourth-order valence-electron chi connectivity index (χ4n) is 1.42. The second-order valence-electron chi connectivity index (χ2n) is 4.32. The number of anilines is 1. The zero-order chi connectivity index (χ0) is 15.3. The third-order valence-corrected chi connectivity index (χ3v) is 3.34. The van der Waals surface area contributed by atoms with Gasteiger partial charge in [0.05, 0.1) is 17.2 Å². The molecule has 0 aliphatic carbocycles. The Bertz CT molecular complexity index is 568. The van der Waals surface area contributed by atoms with E-state index >= 15 is 0 Å². The molecule has 3 N–H and O–H groups in total. The van der Waals surface area contributed by atoms with Gasteiger partial charge >= 0.3 is 12.0 Å². The number of urea groups is 1. The van der Waals surface area contributed by atoms with Gasteiger partial charge in [-0.1, -0.05) is 15.9 Å². The molecular formula is C13H14BrN3O3. The number of nitrogens with zero attached hydrogens (tertiary/aromatic N) is 1. The van der Waals surface area contributed by atoms with E-state index in [0.29, 0.717) is 11.3 Å². The topological polar surface area (TPSA) is 102 Å². The third-order valence-electron chi connectivity index (χ3n) is 2.85. The zero-order valence-electron chi connectivity index (χ0n) is 11.0. The molecule has 1 aromatic rings. The van der Waals surface area contributed by atoms with Crippen molar-refractivity contribution in [1.29, 1.82) is 5.26 Å². The summed E-state index contributed by atoms with van der Waals surface area (Å²) in [6.07, 6.45) is 0. The van der Waals surface area contributed by atoms with Crippen molar-refractivity contribution < 1.29 is 14.7 Å². The first-order chi connectivity index (χ1) is 9.35. The number of carboxylic acids is 1. The molecule has 0 saturated carbocycles. The van der Waals surface area contributed by atoms with E-state index in [2.05, 4.69) is 26.6 Å². The largest absolute Gasteiger partial charge is 0.481 e. The number of hydrogen-bond donors (Lipinski definition) is 3. The van der Waals surface area contributed by atoms with E-state index in [-0.39, 0.29) is 0 Å². The van der Waals surface area contributed by atoms with Crippen LogP contribution in [0.1, 0.15) is 19.4 Å². The van der Waals surface area contributed by atoms with Gasteiger partial charge in [0.15, 0.2) is 0 Å². The Kier molecular flexibility index (Phi) is 5.53. The molecule has 1 rings (SSSR count). The Hall–Kier alpha value is -2.07. The first-order valence-electron chi connectivity index (χ1n) is 5.85. The van der Waals surface area contributed by atoms with Crippen molar-refractivity contribution in [2.24, 2.45) is 5.92 Å². The van der Waals surface area contributed by atoms with Crippen molar-refractivity contribution in [3.8, 4) is 6.07 Å². The van der Waals surface area contributed by atoms with Crippen LogP contribution in [0.5, 0.6) is 0 Å². The number of halogens is 1. The first-order valence-corrected chi connectivity index (χ1v) is 6.64. The van der Waals surface area contributed by atoms with Crippen LogP contribution in [-0.4, -0.2) is 23.1 Å². The summed E-state index contributed by atoms with van der Waals surface area (Å²) in [7, 11) is 0. The maximum Gasteiger partial charge on any atom is 0.319 e. The molecule has 20 heavy (non-hydrogen) atoms. The molecule has 0 spiro atoms. The zero-order valence-corrected chi connectivity index (χ0v) is 12.6. The number of carbonyl (C=O) groups is 2. The van der Waals surface area contributed by atoms with Crippen LogP contribution in [-0.2, 0) is 4.79 Å². The minimum Gasteiger partial charge on any atom is -0.481 e. The Labute approximate surface area is 124 Å². The second kappa shape index (κ2) is 6.91. The third kappa shape index (κ3) is 4.24. The van der Waals surface area contributed by atoms with Gasteiger partial charge in [-0.05, 0) is 32.0 Å². The highest BCUT2D eigenvalue weighted by Crippen LogP contribution is 2.20. The Morgan fingerprint density at radius 2 is 2.05 bits per heavy atom. The number of nitriles is 1. The van der Waals surface area contributed by atoms with Crippen molar-refractivity contribution in [3.05, 3.63) is 28.2 Å². The van der Waals surface area contributed by atoms with Crippen LogP contribution in [0.4, 0.5) is 10.5 Å². The Morgan fingerprint density at radius 1 is 1.40 bits per heavy atom. The van der Waals surface area contributed by atoms with Gasteiger partial charge in [0.2, 0.25) is 0 Å². The molecule has 7 heteroatoms. The number of hydrogen-bond acceptors (Lipinski definition) is 3. The number of nitrogens with one attached hydrogen (secondary N) is 2. The average Bonchev–Trinajstić information content (AvgIpc) is 2.39. The second-order valence-corrected chi connectivity index (χ2v) is 5.23. The summed E-state index contributed by atoms with van der Waals surface area (Å²) >= 11 is 3.23. The quantitative estimate of drug-likeness (QED) is 0.784. The number of amides is 2. The van der Waals surface area contributed by atoms with E-state index in [9.17, 15) is 9.59 Å². The van der Waals surface area contributed by atoms with Crippen LogP contribution >= 0.6 is 15.9 Å². The summed E-state index contributed by atoms with van der Waals surface area (Å²) in [4.78, 5) is 22.6. The molecule has 0 saturated heterocycles. The van der Waals surface area contributed by atoms with Crippen LogP contribution < -0.4 is 10.6 Å². The molecule has 0 radical (unpaired) electrons. The molecule has 2 unspecified atom stereocenters. The molecule has 2 atom stereocenters. The fraction of sp³-hybridized carbons (Fsp3) is 0.308. The van der Waals surface area contributed by atoms with Crippen molar-refractivity contribution >= 4 is 33.6 Å². The number of aliphatic carboxylic acids is 1. The lowest BCUT2D eigenvalue weighted by Gasteiger charge is -2.18. The van der Waals surface area contributed by atoms with Gasteiger partial charge in [-0.3, -0.25) is 4.79 Å². The van der Waals surface area contributed by atoms with Gasteiger partial charge in [-0.25, -0.2) is 4.79 Å². The molecule has 106 valence electrons. The lowest BCUT2D eigenvalue weighted by atomic mass is 10.0. The summed E-state index contributed by atoms with van der Waals surface area (Å²) in [5.74, 6) is -1.69. The molecular weight excluding hydrogens is 326 g/mol. The smallest absolute Gasteiger partial charge is 0.319 e. The highest BCUT2D eigenvalue weighted by Gasteiger charge is 2.21. The SMILES string of the molecule is CC(NC(=O)Nc1ccc(Br)cc1C#N)C(C)C(=O)O. The fourth-order valence-corrected chi connectivity index (χ4v) is 1.78. The molecule has 0 aromatic heterocycles. The first kappa shape index (κ1) is 16.0. The highest BCUT2D eigenvalue weighted by atomic mass is 79.9. The lowest BCUT2D eigenvalue weighted by Crippen LogP contribution is -2.42. The van der Waals surface area contributed by atoms with Crippen molar-refractivity contribution in [1.82, 2.24) is 5.32 Å². The average molecular weight is 340 g/mol. The van der Waals surface area contributed by atoms with E-state index in [0.717, 1.165) is 4.47 Å². The molecule has 2 amide bonds. The number of benzene rings is 1. The van der Waals surface area contributed by atoms with E-state index in [1.165, 1.54) is 6.92 Å². The van der Waals surface area contributed by atoms with Gasteiger partial charge < -0.3 is 15.7 Å². The summed E-state index contributed by atoms with van der Waals surface area (Å²) in [5.41, 5.74) is 0.678. The molecule has 0 bridgehead atoms. The molecule has 6 nitrogen and oxygen atoms in total. The van der Waals surface area contributed by atoms with Crippen LogP contribution in [0, 0.1) is 17.2 Å². The van der Waals surface area contributed by atoms with Gasteiger partial charge in [0.1, 0.15) is 6.07 Å². The van der Waals surface area contributed by atoms with E-state index in [1.54, 1.807) is 25.1 Å². The molecule has 0 fully saturated rings.